The Morgan fingerprint density at radius 1 is 1.35 bits per heavy atom. The number of pyridine rings is 1. The first-order valence-corrected chi connectivity index (χ1v) is 7.17. The second-order valence-corrected chi connectivity index (χ2v) is 5.93. The van der Waals surface area contributed by atoms with Crippen LogP contribution in [0.2, 0.25) is 0 Å². The van der Waals surface area contributed by atoms with Gasteiger partial charge in [-0.1, -0.05) is 0 Å². The van der Waals surface area contributed by atoms with Gasteiger partial charge in [-0.05, 0) is 32.0 Å². The molecule has 2 heterocycles. The Kier molecular flexibility index (Phi) is 3.49. The quantitative estimate of drug-likeness (QED) is 0.791. The van der Waals surface area contributed by atoms with Crippen molar-refractivity contribution in [2.24, 2.45) is 0 Å². The van der Waals surface area contributed by atoms with E-state index in [2.05, 4.69) is 14.7 Å². The van der Waals surface area contributed by atoms with Crippen LogP contribution in [0.5, 0.6) is 0 Å². The minimum atomic E-state index is -3.85. The van der Waals surface area contributed by atoms with Gasteiger partial charge in [-0.2, -0.15) is 0 Å². The van der Waals surface area contributed by atoms with Gasteiger partial charge in [0.15, 0.2) is 0 Å². The van der Waals surface area contributed by atoms with E-state index in [1.54, 1.807) is 26.0 Å². The third-order valence-corrected chi connectivity index (χ3v) is 4.01. The molecule has 8 heteroatoms. The predicted octanol–water partition coefficient (Wildman–Crippen LogP) is 1.53. The zero-order valence-electron chi connectivity index (χ0n) is 10.8. The summed E-state index contributed by atoms with van der Waals surface area (Å²) < 4.78 is 26.6. The molecule has 0 saturated carbocycles. The maximum atomic E-state index is 12.1. The Morgan fingerprint density at radius 2 is 2.05 bits per heavy atom. The highest BCUT2D eigenvalue weighted by atomic mass is 32.2. The first-order valence-electron chi connectivity index (χ1n) is 5.68. The van der Waals surface area contributed by atoms with Gasteiger partial charge in [0.05, 0.1) is 11.4 Å². The number of H-pyrrole nitrogens is 1. The molecule has 20 heavy (non-hydrogen) atoms. The van der Waals surface area contributed by atoms with Gasteiger partial charge in [-0.3, -0.25) is 9.71 Å². The number of aromatic nitrogens is 2. The number of rotatable bonds is 4. The standard InChI is InChI=1S/C12H13N3O4S/c1-7-3-4-10(8(2)14-7)15-20(18,19)9-5-11(12(16)17)13-6-9/h3-6,13,15H,1-2H3,(H,16,17). The monoisotopic (exact) mass is 295 g/mol. The number of hydrogen-bond acceptors (Lipinski definition) is 4. The highest BCUT2D eigenvalue weighted by molar-refractivity contribution is 7.92. The van der Waals surface area contributed by atoms with Crippen molar-refractivity contribution in [3.8, 4) is 0 Å². The molecule has 0 aromatic carbocycles. The van der Waals surface area contributed by atoms with Gasteiger partial charge < -0.3 is 10.1 Å². The zero-order valence-corrected chi connectivity index (χ0v) is 11.7. The SMILES string of the molecule is Cc1ccc(NS(=O)(=O)c2c[nH]c(C(=O)O)c2)c(C)n1. The Balaban J connectivity index is 2.33. The van der Waals surface area contributed by atoms with E-state index < -0.39 is 16.0 Å². The fraction of sp³-hybridized carbons (Fsp3) is 0.167. The van der Waals surface area contributed by atoms with Gasteiger partial charge >= 0.3 is 5.97 Å². The molecule has 7 nitrogen and oxygen atoms in total. The maximum absolute atomic E-state index is 12.1. The van der Waals surface area contributed by atoms with E-state index in [-0.39, 0.29) is 10.6 Å². The van der Waals surface area contributed by atoms with Crippen LogP contribution in [0.1, 0.15) is 21.9 Å². The summed E-state index contributed by atoms with van der Waals surface area (Å²) in [4.78, 5) is 17.1. The number of aromatic carboxylic acids is 1. The van der Waals surface area contributed by atoms with E-state index in [4.69, 9.17) is 5.11 Å². The molecule has 0 atom stereocenters. The lowest BCUT2D eigenvalue weighted by Gasteiger charge is -2.09. The first-order chi connectivity index (χ1) is 9.29. The number of aromatic amines is 1. The molecule has 0 fully saturated rings. The summed E-state index contributed by atoms with van der Waals surface area (Å²) in [7, 11) is -3.85. The van der Waals surface area contributed by atoms with Crippen molar-refractivity contribution in [1.29, 1.82) is 0 Å². The number of aryl methyl sites for hydroxylation is 2. The van der Waals surface area contributed by atoms with E-state index in [1.165, 1.54) is 0 Å². The van der Waals surface area contributed by atoms with Crippen molar-refractivity contribution < 1.29 is 18.3 Å². The van der Waals surface area contributed by atoms with Crippen molar-refractivity contribution in [2.45, 2.75) is 18.7 Å². The molecule has 0 aliphatic rings. The Morgan fingerprint density at radius 3 is 2.60 bits per heavy atom. The minimum absolute atomic E-state index is 0.144. The zero-order chi connectivity index (χ0) is 14.9. The number of sulfonamides is 1. The summed E-state index contributed by atoms with van der Waals surface area (Å²) in [6, 6.07) is 4.35. The van der Waals surface area contributed by atoms with Gasteiger partial charge in [-0.25, -0.2) is 13.2 Å². The fourth-order valence-electron chi connectivity index (χ4n) is 1.65. The Hall–Kier alpha value is -2.35. The minimum Gasteiger partial charge on any atom is -0.477 e. The number of carboxylic acid groups (broad SMARTS) is 1. The van der Waals surface area contributed by atoms with Crippen LogP contribution in [0.4, 0.5) is 5.69 Å². The van der Waals surface area contributed by atoms with Crippen molar-refractivity contribution in [3.63, 3.8) is 0 Å². The van der Waals surface area contributed by atoms with E-state index in [0.717, 1.165) is 18.0 Å². The average Bonchev–Trinajstić information content (AvgIpc) is 2.83. The van der Waals surface area contributed by atoms with Crippen LogP contribution in [0.3, 0.4) is 0 Å². The Bertz CT molecular complexity index is 765. The molecule has 0 saturated heterocycles. The molecule has 0 unspecified atom stereocenters. The number of hydrogen-bond donors (Lipinski definition) is 3. The van der Waals surface area contributed by atoms with Crippen LogP contribution in [-0.4, -0.2) is 29.5 Å². The molecule has 2 rings (SSSR count). The molecule has 0 aliphatic heterocycles. The lowest BCUT2D eigenvalue weighted by molar-refractivity contribution is 0.0691. The molecule has 106 valence electrons. The molecule has 3 N–H and O–H groups in total. The number of anilines is 1. The first kappa shape index (κ1) is 14.1. The molecule has 0 amide bonds. The van der Waals surface area contributed by atoms with E-state index in [9.17, 15) is 13.2 Å². The summed E-state index contributed by atoms with van der Waals surface area (Å²) in [6.07, 6.45) is 1.13. The molecule has 0 bridgehead atoms. The molecule has 0 radical (unpaired) electrons. The average molecular weight is 295 g/mol. The molecule has 0 aliphatic carbocycles. The fourth-order valence-corrected chi connectivity index (χ4v) is 2.76. The molecular formula is C12H13N3O4S. The topological polar surface area (TPSA) is 112 Å². The maximum Gasteiger partial charge on any atom is 0.352 e. The summed E-state index contributed by atoms with van der Waals surface area (Å²) in [5.41, 5.74) is 1.49. The van der Waals surface area contributed by atoms with E-state index in [0.29, 0.717) is 11.4 Å². The van der Waals surface area contributed by atoms with Crippen LogP contribution >= 0.6 is 0 Å². The van der Waals surface area contributed by atoms with E-state index in [1.807, 2.05) is 0 Å². The van der Waals surface area contributed by atoms with Crippen molar-refractivity contribution >= 4 is 21.7 Å². The predicted molar refractivity (Wildman–Crippen MR) is 72.3 cm³/mol. The third kappa shape index (κ3) is 2.80. The van der Waals surface area contributed by atoms with E-state index >= 15 is 0 Å². The van der Waals surface area contributed by atoms with Gasteiger partial charge in [0.2, 0.25) is 0 Å². The van der Waals surface area contributed by atoms with Gasteiger partial charge in [0, 0.05) is 11.9 Å². The van der Waals surface area contributed by atoms with Gasteiger partial charge in [0.1, 0.15) is 10.6 Å². The smallest absolute Gasteiger partial charge is 0.352 e. The largest absolute Gasteiger partial charge is 0.477 e. The lowest BCUT2D eigenvalue weighted by atomic mass is 10.3. The second kappa shape index (κ2) is 4.97. The number of nitrogens with one attached hydrogen (secondary N) is 2. The Labute approximate surface area is 115 Å². The second-order valence-electron chi connectivity index (χ2n) is 4.25. The highest BCUT2D eigenvalue weighted by Gasteiger charge is 2.19. The number of nitrogens with zero attached hydrogens (tertiary/aromatic N) is 1. The van der Waals surface area contributed by atoms with Gasteiger partial charge in [0.25, 0.3) is 10.0 Å². The summed E-state index contributed by atoms with van der Waals surface area (Å²) in [6.45, 7) is 3.49. The summed E-state index contributed by atoms with van der Waals surface area (Å²) in [5, 5.41) is 8.77. The molecular weight excluding hydrogens is 282 g/mol. The summed E-state index contributed by atoms with van der Waals surface area (Å²) >= 11 is 0. The lowest BCUT2D eigenvalue weighted by Crippen LogP contribution is -2.13. The highest BCUT2D eigenvalue weighted by Crippen LogP contribution is 2.19. The van der Waals surface area contributed by atoms with Crippen molar-refractivity contribution in [3.05, 3.63) is 41.5 Å². The van der Waals surface area contributed by atoms with Crippen LogP contribution in [0.15, 0.2) is 29.3 Å². The van der Waals surface area contributed by atoms with Crippen LogP contribution in [0, 0.1) is 13.8 Å². The van der Waals surface area contributed by atoms with Crippen molar-refractivity contribution in [2.75, 3.05) is 4.72 Å². The normalized spacial score (nSPS) is 11.3. The van der Waals surface area contributed by atoms with Crippen LogP contribution in [-0.2, 0) is 10.0 Å². The molecule has 0 spiro atoms. The number of carbonyl (C=O) groups is 1. The summed E-state index contributed by atoms with van der Waals surface area (Å²) in [5.74, 6) is -1.22. The van der Waals surface area contributed by atoms with Crippen LogP contribution in [0.25, 0.3) is 0 Å². The third-order valence-electron chi connectivity index (χ3n) is 2.67. The van der Waals surface area contributed by atoms with Crippen LogP contribution < -0.4 is 4.72 Å². The van der Waals surface area contributed by atoms with Crippen molar-refractivity contribution in [1.82, 2.24) is 9.97 Å². The molecule has 2 aromatic heterocycles. The number of carboxylic acids is 1. The molecule has 2 aromatic rings. The van der Waals surface area contributed by atoms with Gasteiger partial charge in [-0.15, -0.1) is 0 Å².